The highest BCUT2D eigenvalue weighted by atomic mass is 19.1. The molecule has 7 heteroatoms. The molecule has 1 aliphatic rings. The highest BCUT2D eigenvalue weighted by Gasteiger charge is 2.46. The number of halogens is 2. The summed E-state index contributed by atoms with van der Waals surface area (Å²) in [4.78, 5) is 28.6. The number of rotatable bonds is 5. The van der Waals surface area contributed by atoms with E-state index in [1.807, 2.05) is 19.0 Å². The number of nitrogens with zero attached hydrogens (tertiary/aromatic N) is 2. The lowest BCUT2D eigenvalue weighted by Crippen LogP contribution is -2.35. The number of aliphatic hydroxyl groups excluding tert-OH is 1. The van der Waals surface area contributed by atoms with E-state index in [0.717, 1.165) is 0 Å². The van der Waals surface area contributed by atoms with Crippen LogP contribution in [0.1, 0.15) is 22.7 Å². The van der Waals surface area contributed by atoms with Crippen molar-refractivity contribution in [2.45, 2.75) is 13.0 Å². The molecule has 0 aliphatic carbocycles. The van der Waals surface area contributed by atoms with Gasteiger partial charge >= 0.3 is 0 Å². The molecule has 1 amide bonds. The molecule has 1 fully saturated rings. The average molecular weight is 400 g/mol. The van der Waals surface area contributed by atoms with Crippen LogP contribution in [0.5, 0.6) is 0 Å². The molecule has 0 radical (unpaired) electrons. The molecule has 1 atom stereocenters. The van der Waals surface area contributed by atoms with Crippen LogP contribution in [0.3, 0.4) is 0 Å². The number of amides is 1. The van der Waals surface area contributed by atoms with Crippen LogP contribution in [0, 0.1) is 18.6 Å². The maximum absolute atomic E-state index is 14.6. The number of benzene rings is 2. The van der Waals surface area contributed by atoms with Crippen molar-refractivity contribution in [1.29, 1.82) is 0 Å². The zero-order chi connectivity index (χ0) is 21.3. The molecule has 1 saturated heterocycles. The molecule has 1 heterocycles. The lowest BCUT2D eigenvalue weighted by atomic mass is 9.94. The molecule has 5 nitrogen and oxygen atoms in total. The number of Topliss-reactive ketones (excluding diaryl/α,β-unsaturated/α-hetero) is 1. The second-order valence-electron chi connectivity index (χ2n) is 7.28. The first kappa shape index (κ1) is 20.7. The zero-order valence-corrected chi connectivity index (χ0v) is 16.4. The van der Waals surface area contributed by atoms with Gasteiger partial charge in [-0.15, -0.1) is 0 Å². The van der Waals surface area contributed by atoms with Gasteiger partial charge in [-0.25, -0.2) is 8.78 Å². The molecule has 0 aromatic heterocycles. The first-order valence-electron chi connectivity index (χ1n) is 9.16. The van der Waals surface area contributed by atoms with Crippen molar-refractivity contribution in [3.8, 4) is 0 Å². The summed E-state index contributed by atoms with van der Waals surface area (Å²) in [5, 5.41) is 10.9. The number of aliphatic hydroxyl groups is 1. The van der Waals surface area contributed by atoms with Crippen molar-refractivity contribution in [3.05, 3.63) is 76.4 Å². The number of likely N-dealkylation sites (N-methyl/N-ethyl adjacent to an activating group) is 1. The highest BCUT2D eigenvalue weighted by molar-refractivity contribution is 6.46. The van der Waals surface area contributed by atoms with Gasteiger partial charge in [-0.2, -0.15) is 0 Å². The largest absolute Gasteiger partial charge is 0.507 e. The summed E-state index contributed by atoms with van der Waals surface area (Å²) in [6.07, 6.45) is 0. The van der Waals surface area contributed by atoms with Crippen LogP contribution in [-0.4, -0.2) is 53.8 Å². The van der Waals surface area contributed by atoms with E-state index in [2.05, 4.69) is 0 Å². The van der Waals surface area contributed by atoms with Gasteiger partial charge in [-0.1, -0.05) is 18.2 Å². The third-order valence-electron chi connectivity index (χ3n) is 4.96. The van der Waals surface area contributed by atoms with Gasteiger partial charge in [-0.05, 0) is 50.8 Å². The van der Waals surface area contributed by atoms with Crippen LogP contribution in [0.15, 0.2) is 48.0 Å². The minimum absolute atomic E-state index is 0.117. The van der Waals surface area contributed by atoms with Gasteiger partial charge in [0.2, 0.25) is 0 Å². The summed E-state index contributed by atoms with van der Waals surface area (Å²) in [5.41, 5.74) is 0.380. The Morgan fingerprint density at radius 3 is 2.41 bits per heavy atom. The molecule has 0 bridgehead atoms. The smallest absolute Gasteiger partial charge is 0.295 e. The van der Waals surface area contributed by atoms with Gasteiger partial charge in [0.05, 0.1) is 11.6 Å². The first-order valence-corrected chi connectivity index (χ1v) is 9.16. The number of aryl methyl sites for hydroxylation is 1. The third-order valence-corrected chi connectivity index (χ3v) is 4.96. The van der Waals surface area contributed by atoms with Gasteiger partial charge in [-0.3, -0.25) is 9.59 Å². The molecule has 0 spiro atoms. The Balaban J connectivity index is 2.19. The molecule has 1 N–H and O–H groups in total. The SMILES string of the molecule is Cc1cc(/C(O)=C2\C(=O)C(=O)N(CCN(C)C)C2c2ccccc2F)ccc1F. The predicted molar refractivity (Wildman–Crippen MR) is 105 cm³/mol. The number of hydrogen-bond donors (Lipinski definition) is 1. The van der Waals surface area contributed by atoms with E-state index in [0.29, 0.717) is 6.54 Å². The molecule has 0 saturated carbocycles. The maximum Gasteiger partial charge on any atom is 0.295 e. The van der Waals surface area contributed by atoms with E-state index in [1.165, 1.54) is 48.2 Å². The van der Waals surface area contributed by atoms with Gasteiger partial charge in [0.1, 0.15) is 17.4 Å². The number of hydrogen-bond acceptors (Lipinski definition) is 4. The van der Waals surface area contributed by atoms with E-state index in [1.54, 1.807) is 6.07 Å². The highest BCUT2D eigenvalue weighted by Crippen LogP contribution is 2.40. The van der Waals surface area contributed by atoms with Crippen LogP contribution >= 0.6 is 0 Å². The lowest BCUT2D eigenvalue weighted by molar-refractivity contribution is -0.140. The summed E-state index contributed by atoms with van der Waals surface area (Å²) < 4.78 is 28.2. The van der Waals surface area contributed by atoms with Gasteiger partial charge < -0.3 is 14.9 Å². The predicted octanol–water partition coefficient (Wildman–Crippen LogP) is 3.26. The Kier molecular flexibility index (Phi) is 5.79. The minimum atomic E-state index is -1.07. The van der Waals surface area contributed by atoms with Crippen LogP contribution in [0.25, 0.3) is 5.76 Å². The fraction of sp³-hybridized carbons (Fsp3) is 0.273. The van der Waals surface area contributed by atoms with Crippen molar-refractivity contribution in [3.63, 3.8) is 0 Å². The average Bonchev–Trinajstić information content (AvgIpc) is 2.92. The Morgan fingerprint density at radius 2 is 1.79 bits per heavy atom. The van der Waals surface area contributed by atoms with Crippen LogP contribution in [-0.2, 0) is 9.59 Å². The number of likely N-dealkylation sites (tertiary alicyclic amines) is 1. The second-order valence-corrected chi connectivity index (χ2v) is 7.28. The quantitative estimate of drug-likeness (QED) is 0.476. The lowest BCUT2D eigenvalue weighted by Gasteiger charge is -2.26. The topological polar surface area (TPSA) is 60.9 Å². The van der Waals surface area contributed by atoms with Crippen LogP contribution in [0.4, 0.5) is 8.78 Å². The Labute approximate surface area is 167 Å². The maximum atomic E-state index is 14.6. The van der Waals surface area contributed by atoms with Crippen LogP contribution in [0.2, 0.25) is 0 Å². The van der Waals surface area contributed by atoms with Crippen molar-refractivity contribution >= 4 is 17.4 Å². The van der Waals surface area contributed by atoms with Crippen molar-refractivity contribution in [1.82, 2.24) is 9.80 Å². The van der Waals surface area contributed by atoms with E-state index < -0.39 is 35.1 Å². The molecule has 29 heavy (non-hydrogen) atoms. The summed E-state index contributed by atoms with van der Waals surface area (Å²) >= 11 is 0. The molecule has 3 rings (SSSR count). The summed E-state index contributed by atoms with van der Waals surface area (Å²) in [6.45, 7) is 2.15. The Hall–Kier alpha value is -3.06. The molecule has 2 aromatic carbocycles. The summed E-state index contributed by atoms with van der Waals surface area (Å²) in [7, 11) is 3.63. The number of carbonyl (C=O) groups excluding carboxylic acids is 2. The molecule has 2 aromatic rings. The van der Waals surface area contributed by atoms with E-state index in [-0.39, 0.29) is 28.8 Å². The zero-order valence-electron chi connectivity index (χ0n) is 16.4. The van der Waals surface area contributed by atoms with Crippen LogP contribution < -0.4 is 0 Å². The van der Waals surface area contributed by atoms with Gasteiger partial charge in [0.25, 0.3) is 11.7 Å². The summed E-state index contributed by atoms with van der Waals surface area (Å²) in [5.74, 6) is -3.20. The minimum Gasteiger partial charge on any atom is -0.507 e. The first-order chi connectivity index (χ1) is 13.7. The molecular weight excluding hydrogens is 378 g/mol. The molecule has 1 unspecified atom stereocenters. The monoisotopic (exact) mass is 400 g/mol. The number of carbonyl (C=O) groups is 2. The fourth-order valence-electron chi connectivity index (χ4n) is 3.39. The van der Waals surface area contributed by atoms with Crippen molar-refractivity contribution in [2.75, 3.05) is 27.2 Å². The van der Waals surface area contributed by atoms with Crippen molar-refractivity contribution in [2.24, 2.45) is 0 Å². The Morgan fingerprint density at radius 1 is 1.10 bits per heavy atom. The van der Waals surface area contributed by atoms with Crippen molar-refractivity contribution < 1.29 is 23.5 Å². The van der Waals surface area contributed by atoms with E-state index in [9.17, 15) is 23.5 Å². The molecule has 152 valence electrons. The standard InChI is InChI=1S/C22H22F2N2O3/c1-13-12-14(8-9-16(13)23)20(27)18-19(15-6-4-5-7-17(15)24)26(11-10-25(2)3)22(29)21(18)28/h4-9,12,19,27H,10-11H2,1-3H3/b20-18+. The normalized spacial score (nSPS) is 18.7. The van der Waals surface area contributed by atoms with E-state index in [4.69, 9.17) is 0 Å². The fourth-order valence-corrected chi connectivity index (χ4v) is 3.39. The molecule has 1 aliphatic heterocycles. The van der Waals surface area contributed by atoms with Gasteiger partial charge in [0.15, 0.2) is 0 Å². The number of ketones is 1. The third kappa shape index (κ3) is 3.91. The van der Waals surface area contributed by atoms with Gasteiger partial charge in [0, 0.05) is 24.2 Å². The van der Waals surface area contributed by atoms with E-state index >= 15 is 0 Å². The second kappa shape index (κ2) is 8.13. The Bertz CT molecular complexity index is 1000. The molecular formula is C22H22F2N2O3. The summed E-state index contributed by atoms with van der Waals surface area (Å²) in [6, 6.07) is 8.65.